The third-order valence-electron chi connectivity index (χ3n) is 5.73. The second-order valence-corrected chi connectivity index (χ2v) is 8.42. The van der Waals surface area contributed by atoms with E-state index in [2.05, 4.69) is 4.90 Å². The number of fused-ring (bicyclic) bond motifs is 1. The molecule has 0 amide bonds. The van der Waals surface area contributed by atoms with E-state index in [0.29, 0.717) is 44.2 Å². The average molecular weight is 521 g/mol. The first kappa shape index (κ1) is 27.8. The highest BCUT2D eigenvalue weighted by Gasteiger charge is 2.31. The zero-order valence-electron chi connectivity index (χ0n) is 19.8. The van der Waals surface area contributed by atoms with Gasteiger partial charge in [-0.1, -0.05) is 36.4 Å². The van der Waals surface area contributed by atoms with Crippen molar-refractivity contribution in [3.63, 3.8) is 0 Å². The molecular weight excluding hydrogens is 493 g/mol. The maximum Gasteiger partial charge on any atom is 0.416 e. The van der Waals surface area contributed by atoms with Crippen LogP contribution in [0.3, 0.4) is 0 Å². The number of aliphatic carboxylic acids is 2. The van der Waals surface area contributed by atoms with Crippen LogP contribution in [0.2, 0.25) is 0 Å². The molecule has 3 aromatic rings. The Morgan fingerprint density at radius 2 is 1.51 bits per heavy atom. The first-order valence-electron chi connectivity index (χ1n) is 11.4. The van der Waals surface area contributed by atoms with Gasteiger partial charge in [-0.05, 0) is 41.1 Å². The molecule has 198 valence electrons. The van der Waals surface area contributed by atoms with Crippen molar-refractivity contribution in [1.82, 2.24) is 4.90 Å². The lowest BCUT2D eigenvalue weighted by Crippen LogP contribution is -2.49. The largest absolute Gasteiger partial charge is 0.491 e. The molecule has 0 bridgehead atoms. The number of carboxylic acids is 2. The van der Waals surface area contributed by atoms with Crippen molar-refractivity contribution >= 4 is 28.4 Å². The Labute approximate surface area is 211 Å². The number of carbonyl (C=O) groups is 2. The number of hydrogen-bond donors (Lipinski definition) is 3. The Hall–Kier alpha value is -3.83. The van der Waals surface area contributed by atoms with Crippen LogP contribution < -0.4 is 9.64 Å². The molecule has 0 spiro atoms. The Morgan fingerprint density at radius 3 is 2.14 bits per heavy atom. The van der Waals surface area contributed by atoms with Gasteiger partial charge in [0.1, 0.15) is 18.5 Å². The lowest BCUT2D eigenvalue weighted by atomic mass is 10.1. The van der Waals surface area contributed by atoms with Crippen molar-refractivity contribution in [2.24, 2.45) is 0 Å². The van der Waals surface area contributed by atoms with Gasteiger partial charge in [-0.3, -0.25) is 4.90 Å². The van der Waals surface area contributed by atoms with E-state index in [-0.39, 0.29) is 6.61 Å². The Kier molecular flexibility index (Phi) is 9.31. The molecule has 0 radical (unpaired) electrons. The fourth-order valence-electron chi connectivity index (χ4n) is 3.87. The molecule has 3 N–H and O–H groups in total. The number of rotatable bonds is 6. The number of piperazine rings is 1. The zero-order valence-corrected chi connectivity index (χ0v) is 19.8. The van der Waals surface area contributed by atoms with E-state index in [1.165, 1.54) is 12.1 Å². The second-order valence-electron chi connectivity index (χ2n) is 8.42. The van der Waals surface area contributed by atoms with Crippen LogP contribution in [0.1, 0.15) is 5.56 Å². The summed E-state index contributed by atoms with van der Waals surface area (Å²) in [6.07, 6.45) is -4.99. The molecule has 1 unspecified atom stereocenters. The summed E-state index contributed by atoms with van der Waals surface area (Å²) in [6, 6.07) is 19.3. The Balaban J connectivity index is 0.000000568. The summed E-state index contributed by atoms with van der Waals surface area (Å²) in [5.74, 6) is -2.93. The maximum atomic E-state index is 12.9. The van der Waals surface area contributed by atoms with Crippen molar-refractivity contribution < 1.29 is 42.8 Å². The third kappa shape index (κ3) is 8.36. The molecule has 0 aliphatic carbocycles. The Bertz CT molecular complexity index is 1200. The number of anilines is 1. The molecule has 1 fully saturated rings. The molecule has 11 heteroatoms. The molecular formula is C26H27F3N2O6. The van der Waals surface area contributed by atoms with Crippen molar-refractivity contribution in [3.05, 3.63) is 72.3 Å². The predicted octanol–water partition coefficient (Wildman–Crippen LogP) is 3.58. The summed E-state index contributed by atoms with van der Waals surface area (Å²) in [7, 11) is 0. The van der Waals surface area contributed by atoms with Crippen molar-refractivity contribution in [2.45, 2.75) is 12.3 Å². The SMILES string of the molecule is O=C(O)C(=O)O.OC(COc1ccc2ccccc2c1)CN1CCN(c2cccc(C(F)(F)F)c2)CC1. The predicted molar refractivity (Wildman–Crippen MR) is 131 cm³/mol. The zero-order chi connectivity index (χ0) is 27.0. The Morgan fingerprint density at radius 1 is 0.865 bits per heavy atom. The minimum Gasteiger partial charge on any atom is -0.491 e. The number of β-amino-alcohol motifs (C(OH)–C–C–N with tert-alkyl or cyclic N) is 1. The van der Waals surface area contributed by atoms with E-state index in [4.69, 9.17) is 24.5 Å². The smallest absolute Gasteiger partial charge is 0.416 e. The minimum absolute atomic E-state index is 0.187. The van der Waals surface area contributed by atoms with E-state index < -0.39 is 29.8 Å². The summed E-state index contributed by atoms with van der Waals surface area (Å²) in [6.45, 7) is 3.21. The quantitative estimate of drug-likeness (QED) is 0.423. The van der Waals surface area contributed by atoms with Crippen molar-refractivity contribution in [2.75, 3.05) is 44.2 Å². The number of carboxylic acid groups (broad SMARTS) is 2. The molecule has 1 aliphatic heterocycles. The lowest BCUT2D eigenvalue weighted by Gasteiger charge is -2.37. The molecule has 3 aromatic carbocycles. The number of hydrogen-bond acceptors (Lipinski definition) is 6. The first-order valence-corrected chi connectivity index (χ1v) is 11.4. The highest BCUT2D eigenvalue weighted by molar-refractivity contribution is 6.27. The number of benzene rings is 3. The molecule has 0 saturated carbocycles. The summed E-state index contributed by atoms with van der Waals surface area (Å²) in [4.78, 5) is 22.3. The summed E-state index contributed by atoms with van der Waals surface area (Å²) >= 11 is 0. The van der Waals surface area contributed by atoms with Gasteiger partial charge in [0.05, 0.1) is 5.56 Å². The number of ether oxygens (including phenoxy) is 1. The summed E-state index contributed by atoms with van der Waals surface area (Å²) < 4.78 is 44.6. The number of aliphatic hydroxyl groups is 1. The van der Waals surface area contributed by atoms with Gasteiger partial charge in [-0.25, -0.2) is 9.59 Å². The van der Waals surface area contributed by atoms with E-state index in [1.807, 2.05) is 47.4 Å². The first-order chi connectivity index (χ1) is 17.5. The average Bonchev–Trinajstić information content (AvgIpc) is 2.88. The summed E-state index contributed by atoms with van der Waals surface area (Å²) in [5.41, 5.74) is -0.0525. The van der Waals surface area contributed by atoms with Crippen LogP contribution in [0.25, 0.3) is 10.8 Å². The van der Waals surface area contributed by atoms with Gasteiger partial charge < -0.3 is 25.0 Å². The van der Waals surface area contributed by atoms with Crippen LogP contribution in [0.15, 0.2) is 66.7 Å². The van der Waals surface area contributed by atoms with E-state index >= 15 is 0 Å². The second kappa shape index (κ2) is 12.4. The third-order valence-corrected chi connectivity index (χ3v) is 5.73. The van der Waals surface area contributed by atoms with E-state index in [0.717, 1.165) is 16.8 Å². The monoisotopic (exact) mass is 520 g/mol. The lowest BCUT2D eigenvalue weighted by molar-refractivity contribution is -0.159. The molecule has 1 aliphatic rings. The van der Waals surface area contributed by atoms with Crippen molar-refractivity contribution in [1.29, 1.82) is 0 Å². The molecule has 1 atom stereocenters. The molecule has 1 heterocycles. The van der Waals surface area contributed by atoms with Gasteiger partial charge in [0.2, 0.25) is 0 Å². The topological polar surface area (TPSA) is 111 Å². The van der Waals surface area contributed by atoms with Crippen LogP contribution in [-0.2, 0) is 15.8 Å². The van der Waals surface area contributed by atoms with Crippen LogP contribution >= 0.6 is 0 Å². The summed E-state index contributed by atoms with van der Waals surface area (Å²) in [5, 5.41) is 27.4. The van der Waals surface area contributed by atoms with E-state index in [9.17, 15) is 18.3 Å². The van der Waals surface area contributed by atoms with Gasteiger partial charge in [-0.15, -0.1) is 0 Å². The molecule has 37 heavy (non-hydrogen) atoms. The van der Waals surface area contributed by atoms with Crippen LogP contribution in [0.5, 0.6) is 5.75 Å². The van der Waals surface area contributed by atoms with E-state index in [1.54, 1.807) is 6.07 Å². The minimum atomic E-state index is -4.34. The number of alkyl halides is 3. The highest BCUT2D eigenvalue weighted by atomic mass is 19.4. The van der Waals surface area contributed by atoms with Crippen LogP contribution in [0, 0.1) is 0 Å². The molecule has 0 aromatic heterocycles. The highest BCUT2D eigenvalue weighted by Crippen LogP contribution is 2.32. The molecule has 1 saturated heterocycles. The number of halogens is 3. The molecule has 8 nitrogen and oxygen atoms in total. The van der Waals surface area contributed by atoms with Gasteiger partial charge >= 0.3 is 18.1 Å². The number of aliphatic hydroxyl groups excluding tert-OH is 1. The number of nitrogens with zero attached hydrogens (tertiary/aromatic N) is 2. The van der Waals surface area contributed by atoms with Crippen LogP contribution in [-0.4, -0.2) is 77.6 Å². The fraction of sp³-hybridized carbons (Fsp3) is 0.308. The van der Waals surface area contributed by atoms with Gasteiger partial charge in [0.25, 0.3) is 0 Å². The standard InChI is InChI=1S/C24H25F3N2O2.C2H2O4/c25-24(26,27)20-6-3-7-21(15-20)29-12-10-28(11-13-29)16-22(30)17-31-23-9-8-18-4-1-2-5-19(18)14-23;3-1(4)2(5)6/h1-9,14-15,22,30H,10-13,16-17H2;(H,3,4)(H,5,6). The van der Waals surface area contributed by atoms with Crippen LogP contribution in [0.4, 0.5) is 18.9 Å². The van der Waals surface area contributed by atoms with Gasteiger partial charge in [0, 0.05) is 38.4 Å². The van der Waals surface area contributed by atoms with Gasteiger partial charge in [-0.2, -0.15) is 13.2 Å². The van der Waals surface area contributed by atoms with Crippen molar-refractivity contribution in [3.8, 4) is 5.75 Å². The normalized spacial score (nSPS) is 15.0. The van der Waals surface area contributed by atoms with Gasteiger partial charge in [0.15, 0.2) is 0 Å². The molecule has 4 rings (SSSR count). The maximum absolute atomic E-state index is 12.9. The fourth-order valence-corrected chi connectivity index (χ4v) is 3.87.